The first-order valence-corrected chi connectivity index (χ1v) is 8.86. The molecule has 0 radical (unpaired) electrons. The number of nitrogens with zero attached hydrogens (tertiary/aromatic N) is 2. The molecular formula is C19H24N2O3. The van der Waals surface area contributed by atoms with Gasteiger partial charge in [-0.25, -0.2) is 0 Å². The molecule has 5 heteroatoms. The summed E-state index contributed by atoms with van der Waals surface area (Å²) in [4.78, 5) is 28.6. The molecule has 128 valence electrons. The van der Waals surface area contributed by atoms with E-state index in [4.69, 9.17) is 0 Å². The largest absolute Gasteiger partial charge is 0.393 e. The zero-order valence-corrected chi connectivity index (χ0v) is 14.1. The van der Waals surface area contributed by atoms with E-state index in [2.05, 4.69) is 6.07 Å². The summed E-state index contributed by atoms with van der Waals surface area (Å²) < 4.78 is 0. The van der Waals surface area contributed by atoms with Crippen LogP contribution in [0.2, 0.25) is 0 Å². The summed E-state index contributed by atoms with van der Waals surface area (Å²) in [5, 5.41) is 9.94. The minimum Gasteiger partial charge on any atom is -0.393 e. The molecule has 2 atom stereocenters. The van der Waals surface area contributed by atoms with Crippen LogP contribution in [0.5, 0.6) is 0 Å². The zero-order valence-electron chi connectivity index (χ0n) is 14.1. The molecule has 0 aromatic heterocycles. The highest BCUT2D eigenvalue weighted by atomic mass is 16.3. The molecule has 1 aromatic rings. The molecular weight excluding hydrogens is 304 g/mol. The standard InChI is InChI=1S/C19H24N2O3/c1-20(11-13-5-4-8-16(13)22)17(23)18(24)21-12-19(9-10-19)14-6-2-3-7-15(14)21/h2-3,6-7,13,16,22H,4-5,8-12H2,1H3. The Bertz CT molecular complexity index is 683. The Morgan fingerprint density at radius 3 is 2.71 bits per heavy atom. The van der Waals surface area contributed by atoms with Gasteiger partial charge < -0.3 is 14.9 Å². The van der Waals surface area contributed by atoms with Gasteiger partial charge in [0.15, 0.2) is 0 Å². The van der Waals surface area contributed by atoms with Crippen molar-refractivity contribution >= 4 is 17.5 Å². The number of likely N-dealkylation sites (N-methyl/N-ethyl adjacent to an activating group) is 1. The SMILES string of the molecule is CN(CC1CCCC1O)C(=O)C(=O)N1CC2(CC2)c2ccccc21. The maximum atomic E-state index is 12.8. The molecule has 3 aliphatic rings. The summed E-state index contributed by atoms with van der Waals surface area (Å²) in [5.41, 5.74) is 2.19. The van der Waals surface area contributed by atoms with Crippen LogP contribution in [-0.2, 0) is 15.0 Å². The van der Waals surface area contributed by atoms with E-state index in [-0.39, 0.29) is 17.4 Å². The predicted molar refractivity (Wildman–Crippen MR) is 90.7 cm³/mol. The van der Waals surface area contributed by atoms with Gasteiger partial charge in [0.05, 0.1) is 6.10 Å². The number of rotatable bonds is 2. The van der Waals surface area contributed by atoms with Crippen molar-refractivity contribution < 1.29 is 14.7 Å². The quantitative estimate of drug-likeness (QED) is 0.841. The minimum atomic E-state index is -0.471. The molecule has 0 saturated heterocycles. The number of anilines is 1. The van der Waals surface area contributed by atoms with Gasteiger partial charge in [-0.05, 0) is 37.3 Å². The van der Waals surface area contributed by atoms with Crippen LogP contribution in [-0.4, -0.2) is 48.1 Å². The van der Waals surface area contributed by atoms with E-state index in [1.807, 2.05) is 18.2 Å². The average Bonchev–Trinajstić information content (AvgIpc) is 3.15. The Morgan fingerprint density at radius 2 is 2.04 bits per heavy atom. The van der Waals surface area contributed by atoms with Gasteiger partial charge in [0.1, 0.15) is 0 Å². The molecule has 2 aliphatic carbocycles. The van der Waals surface area contributed by atoms with Crippen molar-refractivity contribution in [2.24, 2.45) is 5.92 Å². The number of para-hydroxylation sites is 1. The lowest BCUT2D eigenvalue weighted by Gasteiger charge is -2.25. The van der Waals surface area contributed by atoms with Crippen LogP contribution in [0.15, 0.2) is 24.3 Å². The molecule has 1 aliphatic heterocycles. The average molecular weight is 328 g/mol. The molecule has 24 heavy (non-hydrogen) atoms. The Morgan fingerprint density at radius 1 is 1.29 bits per heavy atom. The molecule has 5 nitrogen and oxygen atoms in total. The Labute approximate surface area is 142 Å². The Balaban J connectivity index is 1.49. The van der Waals surface area contributed by atoms with Crippen LogP contribution >= 0.6 is 0 Å². The van der Waals surface area contributed by atoms with Crippen LogP contribution < -0.4 is 4.90 Å². The van der Waals surface area contributed by atoms with Crippen molar-refractivity contribution in [2.75, 3.05) is 25.0 Å². The van der Waals surface area contributed by atoms with E-state index in [0.29, 0.717) is 13.1 Å². The molecule has 1 heterocycles. The van der Waals surface area contributed by atoms with Gasteiger partial charge in [0.2, 0.25) is 0 Å². The second kappa shape index (κ2) is 5.59. The van der Waals surface area contributed by atoms with Gasteiger partial charge in [0.25, 0.3) is 0 Å². The fourth-order valence-corrected chi connectivity index (χ4v) is 4.33. The summed E-state index contributed by atoms with van der Waals surface area (Å²) >= 11 is 0. The monoisotopic (exact) mass is 328 g/mol. The predicted octanol–water partition coefficient (Wildman–Crippen LogP) is 1.68. The summed E-state index contributed by atoms with van der Waals surface area (Å²) in [6, 6.07) is 7.94. The van der Waals surface area contributed by atoms with Crippen molar-refractivity contribution in [3.05, 3.63) is 29.8 Å². The van der Waals surface area contributed by atoms with E-state index < -0.39 is 11.8 Å². The topological polar surface area (TPSA) is 60.9 Å². The number of fused-ring (bicyclic) bond motifs is 2. The van der Waals surface area contributed by atoms with Crippen LogP contribution in [0.4, 0.5) is 5.69 Å². The molecule has 2 saturated carbocycles. The van der Waals surface area contributed by atoms with Gasteiger partial charge >= 0.3 is 11.8 Å². The number of aliphatic hydroxyl groups is 1. The molecule has 1 aromatic carbocycles. The van der Waals surface area contributed by atoms with Gasteiger partial charge in [-0.3, -0.25) is 9.59 Å². The lowest BCUT2D eigenvalue weighted by molar-refractivity contribution is -0.144. The number of aliphatic hydroxyl groups excluding tert-OH is 1. The molecule has 2 fully saturated rings. The second-order valence-corrected chi connectivity index (χ2v) is 7.63. The van der Waals surface area contributed by atoms with Gasteiger partial charge in [-0.2, -0.15) is 0 Å². The van der Waals surface area contributed by atoms with Crippen molar-refractivity contribution in [2.45, 2.75) is 43.6 Å². The Kier molecular flexibility index (Phi) is 3.64. The first-order chi connectivity index (χ1) is 11.5. The maximum Gasteiger partial charge on any atom is 0.316 e. The lowest BCUT2D eigenvalue weighted by atomic mass is 9.99. The second-order valence-electron chi connectivity index (χ2n) is 7.63. The number of hydrogen-bond donors (Lipinski definition) is 1. The van der Waals surface area contributed by atoms with Gasteiger partial charge in [0, 0.05) is 37.2 Å². The number of hydrogen-bond acceptors (Lipinski definition) is 3. The third-order valence-corrected chi connectivity index (χ3v) is 5.98. The smallest absolute Gasteiger partial charge is 0.316 e. The van der Waals surface area contributed by atoms with Crippen LogP contribution in [0, 0.1) is 5.92 Å². The van der Waals surface area contributed by atoms with Crippen LogP contribution in [0.25, 0.3) is 0 Å². The highest BCUT2D eigenvalue weighted by molar-refractivity contribution is 6.40. The fraction of sp³-hybridized carbons (Fsp3) is 0.579. The van der Waals surface area contributed by atoms with E-state index >= 15 is 0 Å². The van der Waals surface area contributed by atoms with Gasteiger partial charge in [-0.1, -0.05) is 24.6 Å². The molecule has 4 rings (SSSR count). The maximum absolute atomic E-state index is 12.8. The molecule has 1 spiro atoms. The number of amides is 2. The molecule has 2 amide bonds. The first-order valence-electron chi connectivity index (χ1n) is 8.86. The van der Waals surface area contributed by atoms with Crippen LogP contribution in [0.1, 0.15) is 37.7 Å². The molecule has 1 N–H and O–H groups in total. The normalized spacial score (nSPS) is 26.5. The first kappa shape index (κ1) is 15.6. The summed E-state index contributed by atoms with van der Waals surface area (Å²) in [7, 11) is 1.67. The van der Waals surface area contributed by atoms with Crippen molar-refractivity contribution in [1.82, 2.24) is 4.90 Å². The van der Waals surface area contributed by atoms with E-state index in [1.54, 1.807) is 11.9 Å². The fourth-order valence-electron chi connectivity index (χ4n) is 4.33. The van der Waals surface area contributed by atoms with E-state index in [1.165, 1.54) is 10.5 Å². The van der Waals surface area contributed by atoms with Crippen LogP contribution in [0.3, 0.4) is 0 Å². The lowest BCUT2D eigenvalue weighted by Crippen LogP contribution is -2.46. The van der Waals surface area contributed by atoms with Crippen molar-refractivity contribution in [3.8, 4) is 0 Å². The highest BCUT2D eigenvalue weighted by Gasteiger charge is 2.53. The number of benzene rings is 1. The third-order valence-electron chi connectivity index (χ3n) is 5.98. The van der Waals surface area contributed by atoms with E-state index in [0.717, 1.165) is 37.8 Å². The highest BCUT2D eigenvalue weighted by Crippen LogP contribution is 2.56. The summed E-state index contributed by atoms with van der Waals surface area (Å²) in [6.07, 6.45) is 4.53. The van der Waals surface area contributed by atoms with Gasteiger partial charge in [-0.15, -0.1) is 0 Å². The summed E-state index contributed by atoms with van der Waals surface area (Å²) in [5.74, 6) is -0.824. The number of carbonyl (C=O) groups is 2. The minimum absolute atomic E-state index is 0.0900. The zero-order chi connectivity index (χ0) is 16.9. The number of carbonyl (C=O) groups excluding carboxylic acids is 2. The molecule has 2 unspecified atom stereocenters. The van der Waals surface area contributed by atoms with Crippen molar-refractivity contribution in [1.29, 1.82) is 0 Å². The third kappa shape index (κ3) is 2.42. The van der Waals surface area contributed by atoms with Crippen molar-refractivity contribution in [3.63, 3.8) is 0 Å². The summed E-state index contributed by atoms with van der Waals surface area (Å²) in [6.45, 7) is 1.07. The van der Waals surface area contributed by atoms with E-state index in [9.17, 15) is 14.7 Å². The molecule has 0 bridgehead atoms. The Hall–Kier alpha value is -1.88.